The number of piperazine rings is 2. The molecule has 2 aliphatic carbocycles. The Morgan fingerprint density at radius 1 is 0.626 bits per heavy atom. The molecule has 14 heterocycles. The molecule has 0 radical (unpaired) electrons. The average molecular weight is 1400 g/mol. The number of amides is 2. The van der Waals surface area contributed by atoms with Gasteiger partial charge in [0.1, 0.15) is 52.5 Å². The minimum Gasteiger partial charge on any atom is -0.772 e. The van der Waals surface area contributed by atoms with E-state index in [-0.39, 0.29) is 57.4 Å². The largest absolute Gasteiger partial charge is 0.772 e. The van der Waals surface area contributed by atoms with Crippen molar-refractivity contribution in [2.75, 3.05) is 154 Å². The van der Waals surface area contributed by atoms with Gasteiger partial charge in [-0.3, -0.25) is 23.9 Å². The van der Waals surface area contributed by atoms with Crippen LogP contribution >= 0.6 is 11.6 Å². The van der Waals surface area contributed by atoms with Crippen LogP contribution < -0.4 is 51.5 Å². The normalized spacial score (nSPS) is 21.0. The monoisotopic (exact) mass is 1400 g/mol. The molecular formula is C65H82ClN20O12S-. The lowest BCUT2D eigenvalue weighted by molar-refractivity contribution is -0.389. The van der Waals surface area contributed by atoms with Gasteiger partial charge in [0.2, 0.25) is 17.8 Å². The zero-order valence-corrected chi connectivity index (χ0v) is 56.4. The van der Waals surface area contributed by atoms with Crippen molar-refractivity contribution < 1.29 is 47.1 Å². The Bertz CT molecular complexity index is 3720. The van der Waals surface area contributed by atoms with E-state index in [2.05, 4.69) is 86.7 Å². The van der Waals surface area contributed by atoms with Gasteiger partial charge in [-0.05, 0) is 95.9 Å². The van der Waals surface area contributed by atoms with E-state index in [0.717, 1.165) is 189 Å². The third kappa shape index (κ3) is 18.5. The molecule has 6 aromatic rings. The van der Waals surface area contributed by atoms with Gasteiger partial charge in [0.25, 0.3) is 5.69 Å². The number of carbonyl (C=O) groups is 2. The highest BCUT2D eigenvalue weighted by Gasteiger charge is 2.52. The third-order valence-electron chi connectivity index (χ3n) is 18.5. The number of aromatic nitrogens is 8. The van der Waals surface area contributed by atoms with Gasteiger partial charge < -0.3 is 85.1 Å². The Hall–Kier alpha value is -8.96. The van der Waals surface area contributed by atoms with Gasteiger partial charge >= 0.3 is 5.82 Å². The lowest BCUT2D eigenvalue weighted by Gasteiger charge is -2.52. The molecule has 8 fully saturated rings. The fourth-order valence-corrected chi connectivity index (χ4v) is 14.0. The molecule has 34 heteroatoms. The SMILES string of the molecule is C1COCCN1.Nc1ccc(N2CCOCC2)cn1.O=C1NCC2(CCCC2)N2c3nc(CS(=O)[O-])ncc3CCC12.O=C1NCC2(CCCC2)N2c3nc(Nc4ccc(N5CCOCC5)cn4)ncc3C=CC12.O=[N+]([O-])c1ccc(Cl)nc1.O=[N+]([O-])c1ccc(N2CCOCC2)cn1. The lowest BCUT2D eigenvalue weighted by Crippen LogP contribution is -2.68. The van der Waals surface area contributed by atoms with E-state index in [1.54, 1.807) is 18.5 Å². The number of nitrogens with zero attached hydrogens (tertiary/aromatic N) is 15. The Kier molecular flexibility index (Phi) is 24.6. The molecule has 0 aromatic carbocycles. The molecule has 10 aliphatic rings. The molecule has 6 N–H and O–H groups in total. The number of nitrogens with one attached hydrogen (secondary N) is 4. The standard InChI is InChI=1S/C23H27N7O2.C15H20N4O3S.C9H11N3O3.C9H13N3O.C5H3ClN2O2.C4H9NO/c31-21-18-5-3-16-13-25-22(28-20(16)30(18)23(15-26-21)7-1-2-8-23)27-19-6-4-17(14-24-19)29-9-11-32-12-10-29;20-14-11-4-3-10-7-16-12(8-23(21)22)18-13(10)19(11)15(9-17-14)5-1-2-6-15;13-12(14)9-2-1-8(7-10-9)11-3-5-15-6-4-11;10-9-2-1-8(7-11-9)12-3-5-13-6-4-12;6-5-2-1-4(3-7-5)8(9)10;1-3-6-4-2-5-1/h3-6,13-14,18H,1-2,7-12,15H2,(H,26,31)(H,24,25,27,28);7,11H,1-6,8-9H2,(H,17,20)(H,21,22);1-2,7H,3-6H2;1-2,7H,3-6H2,(H2,10,11);1-3H;5H,1-4H2/p-1. The van der Waals surface area contributed by atoms with E-state index < -0.39 is 20.9 Å². The number of ether oxygens (including phenoxy) is 4. The summed E-state index contributed by atoms with van der Waals surface area (Å²) in [7, 11) is 0. The van der Waals surface area contributed by atoms with Crippen molar-refractivity contribution in [2.24, 2.45) is 0 Å². The number of nitrogen functional groups attached to an aromatic ring is 1. The Morgan fingerprint density at radius 3 is 1.71 bits per heavy atom. The van der Waals surface area contributed by atoms with Crippen molar-refractivity contribution in [3.63, 3.8) is 0 Å². The smallest absolute Gasteiger partial charge is 0.363 e. The number of nitro groups is 2. The molecule has 3 atom stereocenters. The predicted molar refractivity (Wildman–Crippen MR) is 371 cm³/mol. The number of anilines is 8. The summed E-state index contributed by atoms with van der Waals surface area (Å²) in [6.45, 7) is 14.9. The van der Waals surface area contributed by atoms with Crippen LogP contribution in [0, 0.1) is 20.2 Å². The molecule has 2 spiro atoms. The Labute approximate surface area is 579 Å². The van der Waals surface area contributed by atoms with Crippen LogP contribution in [0.2, 0.25) is 5.15 Å². The second kappa shape index (κ2) is 34.2. The van der Waals surface area contributed by atoms with E-state index >= 15 is 0 Å². The van der Waals surface area contributed by atoms with E-state index in [9.17, 15) is 38.6 Å². The quantitative estimate of drug-likeness (QED) is 0.0544. The van der Waals surface area contributed by atoms with Gasteiger partial charge in [0, 0.05) is 101 Å². The molecule has 8 aliphatic heterocycles. The highest BCUT2D eigenvalue weighted by Crippen LogP contribution is 2.46. The fourth-order valence-electron chi connectivity index (χ4n) is 13.5. The number of morpholine rings is 4. The maximum absolute atomic E-state index is 12.6. The van der Waals surface area contributed by atoms with Crippen LogP contribution in [0.15, 0.2) is 91.8 Å². The highest BCUT2D eigenvalue weighted by molar-refractivity contribution is 7.78. The maximum atomic E-state index is 12.6. The first-order valence-electron chi connectivity index (χ1n) is 33.3. The van der Waals surface area contributed by atoms with Crippen molar-refractivity contribution in [3.8, 4) is 0 Å². The molecule has 6 saturated heterocycles. The van der Waals surface area contributed by atoms with E-state index in [4.69, 9.17) is 41.3 Å². The summed E-state index contributed by atoms with van der Waals surface area (Å²) in [4.78, 5) is 89.4. The van der Waals surface area contributed by atoms with E-state index in [1.807, 2.05) is 42.7 Å². The van der Waals surface area contributed by atoms with E-state index in [1.165, 1.54) is 37.2 Å². The highest BCUT2D eigenvalue weighted by atomic mass is 35.5. The van der Waals surface area contributed by atoms with Crippen LogP contribution in [0.25, 0.3) is 6.08 Å². The lowest BCUT2D eigenvalue weighted by atomic mass is 9.85. The number of hydrogen-bond donors (Lipinski definition) is 5. The van der Waals surface area contributed by atoms with Crippen LogP contribution in [0.1, 0.15) is 74.7 Å². The zero-order valence-electron chi connectivity index (χ0n) is 54.9. The first-order valence-corrected chi connectivity index (χ1v) is 34.9. The topological polar surface area (TPSA) is 391 Å². The predicted octanol–water partition coefficient (Wildman–Crippen LogP) is 5.09. The first-order chi connectivity index (χ1) is 48.1. The van der Waals surface area contributed by atoms with Crippen LogP contribution in [-0.4, -0.2) is 212 Å². The molecule has 2 amide bonds. The molecule has 99 heavy (non-hydrogen) atoms. The molecule has 0 bridgehead atoms. The second-order valence-electron chi connectivity index (χ2n) is 24.8. The van der Waals surface area contributed by atoms with Gasteiger partial charge in [0.15, 0.2) is 6.20 Å². The Balaban J connectivity index is 0.000000129. The minimum atomic E-state index is -2.22. The molecule has 3 unspecified atom stereocenters. The van der Waals surface area contributed by atoms with Crippen LogP contribution in [-0.2, 0) is 51.8 Å². The van der Waals surface area contributed by atoms with Crippen LogP contribution in [0.3, 0.4) is 0 Å². The molecule has 6 aromatic heterocycles. The summed E-state index contributed by atoms with van der Waals surface area (Å²) in [6, 6.07) is 13.1. The molecule has 16 rings (SSSR count). The summed E-state index contributed by atoms with van der Waals surface area (Å²) in [5, 5.41) is 33.3. The molecular weight excluding hydrogens is 1320 g/mol. The maximum Gasteiger partial charge on any atom is 0.363 e. The number of rotatable bonds is 9. The molecule has 528 valence electrons. The number of hydrogen-bond acceptors (Lipinski definition) is 28. The summed E-state index contributed by atoms with van der Waals surface area (Å²) >= 11 is 3.17. The van der Waals surface area contributed by atoms with Gasteiger partial charge in [-0.2, -0.15) is 4.98 Å². The fraction of sp³-hybridized carbons (Fsp3) is 0.508. The second-order valence-corrected chi connectivity index (χ2v) is 26.1. The number of aryl methyl sites for hydroxylation is 1. The number of nitrogens with two attached hydrogens (primary N) is 1. The zero-order chi connectivity index (χ0) is 69.1. The summed E-state index contributed by atoms with van der Waals surface area (Å²) in [5.41, 5.74) is 10.4. The first kappa shape index (κ1) is 71.3. The van der Waals surface area contributed by atoms with Crippen molar-refractivity contribution in [2.45, 2.75) is 93.1 Å². The van der Waals surface area contributed by atoms with Gasteiger partial charge in [-0.25, -0.2) is 29.9 Å². The minimum absolute atomic E-state index is 0.0397. The number of halogens is 1. The van der Waals surface area contributed by atoms with E-state index in [0.29, 0.717) is 49.7 Å². The van der Waals surface area contributed by atoms with Crippen molar-refractivity contribution >= 4 is 98.4 Å². The van der Waals surface area contributed by atoms with Gasteiger partial charge in [0.05, 0.1) is 104 Å². The summed E-state index contributed by atoms with van der Waals surface area (Å²) < 4.78 is 42.8. The number of fused-ring (bicyclic) bond motifs is 8. The van der Waals surface area contributed by atoms with Crippen molar-refractivity contribution in [1.29, 1.82) is 0 Å². The van der Waals surface area contributed by atoms with Crippen LogP contribution in [0.5, 0.6) is 0 Å². The van der Waals surface area contributed by atoms with Gasteiger partial charge in [-0.1, -0.05) is 49.4 Å². The molecule has 2 saturated carbocycles. The number of carbonyl (C=O) groups excluding carboxylic acids is 2. The van der Waals surface area contributed by atoms with Crippen molar-refractivity contribution in [3.05, 3.63) is 134 Å². The third-order valence-corrected chi connectivity index (χ3v) is 19.3. The average Bonchev–Trinajstić information content (AvgIpc) is 1.73. The Morgan fingerprint density at radius 2 is 1.20 bits per heavy atom. The van der Waals surface area contributed by atoms with Crippen LogP contribution in [0.4, 0.5) is 57.8 Å². The molecule has 32 nitrogen and oxygen atoms in total. The van der Waals surface area contributed by atoms with Crippen molar-refractivity contribution in [1.82, 2.24) is 55.8 Å². The summed E-state index contributed by atoms with van der Waals surface area (Å²) in [6.07, 6.45) is 24.2. The van der Waals surface area contributed by atoms with Gasteiger partial charge in [-0.15, -0.1) is 0 Å². The number of pyridine rings is 4. The summed E-state index contributed by atoms with van der Waals surface area (Å²) in [5.74, 6) is 3.44.